The Kier molecular flexibility index (Phi) is 19.3. The number of hydrogen-bond donors (Lipinski definition) is 0. The van der Waals surface area contributed by atoms with Gasteiger partial charge in [-0.15, -0.1) is 11.6 Å². The Morgan fingerprint density at radius 2 is 1.22 bits per heavy atom. The maximum absolute atomic E-state index is 10.3. The normalized spacial score (nSPS) is 11.8. The summed E-state index contributed by atoms with van der Waals surface area (Å²) < 4.78 is 32.2. The van der Waals surface area contributed by atoms with Crippen LogP contribution in [0.15, 0.2) is 0 Å². The van der Waals surface area contributed by atoms with Crippen molar-refractivity contribution in [3.63, 3.8) is 0 Å². The second-order valence-corrected chi connectivity index (χ2v) is 11.4. The maximum atomic E-state index is 10.3. The van der Waals surface area contributed by atoms with E-state index in [0.29, 0.717) is 38.2 Å². The van der Waals surface area contributed by atoms with Gasteiger partial charge in [-0.05, 0) is 27.2 Å². The van der Waals surface area contributed by atoms with E-state index in [-0.39, 0.29) is 11.5 Å². The molecule has 0 rings (SSSR count). The molecule has 0 atom stereocenters. The molecule has 0 saturated carbocycles. The highest BCUT2D eigenvalue weighted by Gasteiger charge is 2.40. The van der Waals surface area contributed by atoms with Gasteiger partial charge >= 0.3 is 17.6 Å². The first-order valence-electron chi connectivity index (χ1n) is 9.09. The molecule has 0 radical (unpaired) electrons. The molecule has 0 aliphatic heterocycles. The van der Waals surface area contributed by atoms with Gasteiger partial charge in [0.25, 0.3) is 0 Å². The largest absolute Gasteiger partial charge is 0.501 e. The van der Waals surface area contributed by atoms with Crippen molar-refractivity contribution in [1.82, 2.24) is 0 Å². The number of halogens is 1. The van der Waals surface area contributed by atoms with Crippen LogP contribution < -0.4 is 0 Å². The topological polar surface area (TPSA) is 98.5 Å². The molecule has 9 nitrogen and oxygen atoms in total. The summed E-state index contributed by atoms with van der Waals surface area (Å²) in [6.45, 7) is 7.05. The molecule has 0 fully saturated rings. The van der Waals surface area contributed by atoms with E-state index in [1.54, 1.807) is 21.3 Å². The van der Waals surface area contributed by atoms with E-state index in [2.05, 4.69) is 0 Å². The molecule has 0 N–H and O–H groups in total. The predicted octanol–water partition coefficient (Wildman–Crippen LogP) is 3.20. The molecule has 0 aromatic heterocycles. The molecular weight excluding hydrogens is 414 g/mol. The molecule has 0 spiro atoms. The van der Waals surface area contributed by atoms with E-state index in [4.69, 9.17) is 38.2 Å². The summed E-state index contributed by atoms with van der Waals surface area (Å²) in [5.41, 5.74) is 0. The summed E-state index contributed by atoms with van der Waals surface area (Å²) in [6.07, 6.45) is 1.29. The van der Waals surface area contributed by atoms with Crippen LogP contribution in [0.25, 0.3) is 0 Å². The molecule has 0 aliphatic rings. The van der Waals surface area contributed by atoms with Gasteiger partial charge in [-0.1, -0.05) is 0 Å². The average molecular weight is 450 g/mol. The van der Waals surface area contributed by atoms with E-state index in [0.717, 1.165) is 12.5 Å². The zero-order valence-electron chi connectivity index (χ0n) is 17.5. The minimum absolute atomic E-state index is 0.0675. The van der Waals surface area contributed by atoms with Crippen molar-refractivity contribution in [2.24, 2.45) is 0 Å². The minimum Gasteiger partial charge on any atom is -0.377 e. The monoisotopic (exact) mass is 449 g/mol. The van der Waals surface area contributed by atoms with Crippen LogP contribution in [0.2, 0.25) is 12.1 Å². The number of nitrogens with zero attached hydrogens (tertiary/aromatic N) is 1. The fraction of sp³-hybridized carbons (Fsp3) is 1.00. The van der Waals surface area contributed by atoms with Crippen LogP contribution in [-0.2, 0) is 26.6 Å². The lowest BCUT2D eigenvalue weighted by molar-refractivity contribution is -0.479. The predicted molar refractivity (Wildman–Crippen MR) is 109 cm³/mol. The van der Waals surface area contributed by atoms with Crippen LogP contribution >= 0.6 is 11.6 Å². The van der Waals surface area contributed by atoms with Crippen LogP contribution in [0.1, 0.15) is 33.6 Å². The van der Waals surface area contributed by atoms with Crippen molar-refractivity contribution in [3.05, 3.63) is 10.1 Å². The summed E-state index contributed by atoms with van der Waals surface area (Å²) in [5, 5.41) is 10.3. The highest BCUT2D eigenvalue weighted by Crippen LogP contribution is 2.18. The Morgan fingerprint density at radius 3 is 1.52 bits per heavy atom. The lowest BCUT2D eigenvalue weighted by Crippen LogP contribution is -2.46. The molecule has 27 heavy (non-hydrogen) atoms. The van der Waals surface area contributed by atoms with E-state index in [1.807, 2.05) is 20.8 Å². The molecule has 0 aromatic rings. The standard InChI is InChI=1S/C9H21NO5Si.C6H15ClO3Si/c1-4-13-16(14-5-2,15-6-3)9-7-8-10(11)12;1-8-11(9-2,10-3)6-4-5-7/h4-9H2,1-3H3;4-6H2,1-3H3. The molecule has 0 aromatic carbocycles. The van der Waals surface area contributed by atoms with Gasteiger partial charge in [-0.25, -0.2) is 0 Å². The van der Waals surface area contributed by atoms with Crippen molar-refractivity contribution < 1.29 is 31.5 Å². The lowest BCUT2D eigenvalue weighted by Gasteiger charge is -2.27. The van der Waals surface area contributed by atoms with Gasteiger partial charge in [0.05, 0.1) is 0 Å². The quantitative estimate of drug-likeness (QED) is 0.153. The van der Waals surface area contributed by atoms with Crippen molar-refractivity contribution in [2.45, 2.75) is 45.7 Å². The zero-order valence-corrected chi connectivity index (χ0v) is 20.2. The van der Waals surface area contributed by atoms with Crippen molar-refractivity contribution in [2.75, 3.05) is 53.6 Å². The third kappa shape index (κ3) is 13.7. The molecule has 0 aliphatic carbocycles. The molecule has 0 saturated heterocycles. The average Bonchev–Trinajstić information content (AvgIpc) is 2.64. The Labute approximate surface area is 170 Å². The Hall–Kier alpha value is -0.116. The van der Waals surface area contributed by atoms with E-state index in [9.17, 15) is 10.1 Å². The zero-order chi connectivity index (χ0) is 21.2. The molecule has 0 bridgehead atoms. The summed E-state index contributed by atoms with van der Waals surface area (Å²) in [4.78, 5) is 9.93. The Balaban J connectivity index is 0. The number of nitro groups is 1. The van der Waals surface area contributed by atoms with Crippen molar-refractivity contribution in [1.29, 1.82) is 0 Å². The number of rotatable bonds is 16. The fourth-order valence-electron chi connectivity index (χ4n) is 2.27. The highest BCUT2D eigenvalue weighted by molar-refractivity contribution is 6.61. The smallest absolute Gasteiger partial charge is 0.377 e. The first kappa shape index (κ1) is 29.1. The summed E-state index contributed by atoms with van der Waals surface area (Å²) in [6, 6.07) is 1.28. The first-order valence-corrected chi connectivity index (χ1v) is 13.5. The second kappa shape index (κ2) is 17.9. The van der Waals surface area contributed by atoms with Gasteiger partial charge < -0.3 is 26.6 Å². The van der Waals surface area contributed by atoms with Crippen molar-refractivity contribution in [3.8, 4) is 0 Å². The second-order valence-electron chi connectivity index (χ2n) is 5.23. The molecular formula is C15H36ClNO8Si2. The van der Waals surface area contributed by atoms with Gasteiger partial charge in [0.1, 0.15) is 0 Å². The fourth-order valence-corrected chi connectivity index (χ4v) is 6.94. The van der Waals surface area contributed by atoms with Gasteiger partial charge in [0.15, 0.2) is 0 Å². The van der Waals surface area contributed by atoms with Gasteiger partial charge in [0.2, 0.25) is 6.54 Å². The minimum atomic E-state index is -2.67. The Morgan fingerprint density at radius 1 is 0.815 bits per heavy atom. The van der Waals surface area contributed by atoms with E-state index in [1.165, 1.54) is 0 Å². The summed E-state index contributed by atoms with van der Waals surface area (Å²) in [5.74, 6) is 0.616. The lowest BCUT2D eigenvalue weighted by atomic mass is 10.5. The van der Waals surface area contributed by atoms with Crippen LogP contribution in [0.4, 0.5) is 0 Å². The third-order valence-electron chi connectivity index (χ3n) is 3.47. The molecule has 0 heterocycles. The number of alkyl halides is 1. The van der Waals surface area contributed by atoms with Gasteiger partial charge in [-0.3, -0.25) is 10.1 Å². The number of hydrogen-bond acceptors (Lipinski definition) is 8. The summed E-state index contributed by atoms with van der Waals surface area (Å²) >= 11 is 5.53. The molecule has 0 amide bonds. The summed E-state index contributed by atoms with van der Waals surface area (Å²) in [7, 11) is -0.176. The van der Waals surface area contributed by atoms with E-state index >= 15 is 0 Å². The first-order chi connectivity index (χ1) is 12.8. The Bertz CT molecular complexity index is 339. The van der Waals surface area contributed by atoms with Gasteiger partial charge in [0, 0.05) is 70.5 Å². The van der Waals surface area contributed by atoms with E-state index < -0.39 is 17.6 Å². The highest BCUT2D eigenvalue weighted by atomic mass is 35.5. The van der Waals surface area contributed by atoms with Crippen LogP contribution in [0, 0.1) is 10.1 Å². The van der Waals surface area contributed by atoms with Crippen LogP contribution in [-0.4, -0.2) is 76.1 Å². The van der Waals surface area contributed by atoms with Crippen molar-refractivity contribution >= 4 is 29.2 Å². The SMILES string of the molecule is CCO[Si](CCC[N+](=O)[O-])(OCC)OCC.CO[Si](CCCCl)(OC)OC. The molecule has 0 unspecified atom stereocenters. The van der Waals surface area contributed by atoms with Gasteiger partial charge in [-0.2, -0.15) is 0 Å². The molecule has 164 valence electrons. The van der Waals surface area contributed by atoms with Crippen LogP contribution in [0.5, 0.6) is 0 Å². The third-order valence-corrected chi connectivity index (χ3v) is 9.72. The van der Waals surface area contributed by atoms with Crippen LogP contribution in [0.3, 0.4) is 0 Å². The maximum Gasteiger partial charge on any atom is 0.501 e. The molecule has 12 heteroatoms.